The van der Waals surface area contributed by atoms with E-state index in [0.29, 0.717) is 11.1 Å². The molecule has 0 amide bonds. The topological polar surface area (TPSA) is 30.7 Å². The third-order valence-corrected chi connectivity index (χ3v) is 13.8. The van der Waals surface area contributed by atoms with Crippen LogP contribution in [0.5, 0.6) is 0 Å². The molecule has 0 saturated carbocycles. The average molecular weight is 988 g/mol. The normalized spacial score (nSPS) is 13.6. The summed E-state index contributed by atoms with van der Waals surface area (Å²) in [6, 6.07) is 48.8. The number of imidazole rings is 1. The minimum Gasteiger partial charge on any atom is -0.333 e. The first-order valence-electron chi connectivity index (χ1n) is 22.9. The number of aryl methyl sites for hydroxylation is 2. The third kappa shape index (κ3) is 8.69. The molecule has 3 heterocycles. The summed E-state index contributed by atoms with van der Waals surface area (Å²) in [5.41, 5.74) is 11.3. The van der Waals surface area contributed by atoms with Crippen molar-refractivity contribution in [2.24, 2.45) is 0 Å². The Morgan fingerprint density at radius 2 is 1.34 bits per heavy atom. The van der Waals surface area contributed by atoms with Gasteiger partial charge in [-0.15, -0.1) is 59.2 Å². The van der Waals surface area contributed by atoms with Gasteiger partial charge in [-0.2, -0.15) is 11.3 Å². The van der Waals surface area contributed by atoms with Crippen molar-refractivity contribution in [1.29, 1.82) is 0 Å². The first-order chi connectivity index (χ1) is 30.3. The average Bonchev–Trinajstić information content (AvgIpc) is 3.83. The number of benzene rings is 6. The fourth-order valence-corrected chi connectivity index (χ4v) is 9.56. The number of pyridine rings is 1. The summed E-state index contributed by atoms with van der Waals surface area (Å²) in [5.74, 6) is 1.37. The predicted molar refractivity (Wildman–Crippen MR) is 253 cm³/mol. The van der Waals surface area contributed by atoms with Crippen LogP contribution in [0.2, 0.25) is 19.6 Å². The molecule has 3 aromatic heterocycles. The number of para-hydroxylation sites is 2. The van der Waals surface area contributed by atoms with Gasteiger partial charge in [-0.3, -0.25) is 4.98 Å². The Morgan fingerprint density at radius 3 is 1.98 bits per heavy atom. The Hall–Kier alpha value is -4.97. The number of hydrogen-bond acceptors (Lipinski definition) is 3. The number of fused-ring (bicyclic) bond motifs is 4. The zero-order chi connectivity index (χ0) is 45.7. The van der Waals surface area contributed by atoms with Crippen molar-refractivity contribution in [3.63, 3.8) is 0 Å². The smallest absolute Gasteiger partial charge is 0.0795 e. The molecule has 0 bridgehead atoms. The van der Waals surface area contributed by atoms with Crippen molar-refractivity contribution in [2.45, 2.75) is 72.9 Å². The Balaban J connectivity index is 0.000000253. The van der Waals surface area contributed by atoms with Crippen LogP contribution in [0.1, 0.15) is 70.0 Å². The first-order valence-corrected chi connectivity index (χ1v) is 24.2. The van der Waals surface area contributed by atoms with Gasteiger partial charge in [0.05, 0.1) is 24.9 Å². The van der Waals surface area contributed by atoms with Crippen LogP contribution in [0.15, 0.2) is 134 Å². The molecular formula is C53H51IrN3SSi-2. The van der Waals surface area contributed by atoms with E-state index < -0.39 is 21.8 Å². The van der Waals surface area contributed by atoms with Crippen LogP contribution >= 0.6 is 11.3 Å². The van der Waals surface area contributed by atoms with E-state index in [9.17, 15) is 0 Å². The van der Waals surface area contributed by atoms with Crippen molar-refractivity contribution >= 4 is 55.8 Å². The van der Waals surface area contributed by atoms with Crippen LogP contribution in [0, 0.1) is 25.8 Å². The molecule has 0 spiro atoms. The van der Waals surface area contributed by atoms with Gasteiger partial charge in [0, 0.05) is 44.9 Å². The van der Waals surface area contributed by atoms with Crippen LogP contribution in [-0.2, 0) is 20.1 Å². The summed E-state index contributed by atoms with van der Waals surface area (Å²) in [6.07, 6.45) is 1.92. The predicted octanol–water partition coefficient (Wildman–Crippen LogP) is 14.5. The van der Waals surface area contributed by atoms with E-state index in [1.54, 1.807) is 29.5 Å². The van der Waals surface area contributed by atoms with E-state index in [1.807, 2.05) is 36.5 Å². The standard InChI is InChI=1S/C38H33N2S.C15H18NSi.Ir/c1-23(2)29-21-28(26-11-7-6-8-12-26)22-30(24(3)4)37(29)40-34-14-10-9-13-33(34)39-38(40)27-16-18-36-32(20-27)31-19-25(5)15-17-35(31)41-36;1-12-5-7-13(8-6-12)15-10-9-14(11-16-15)17(2,3)4;/h6-15,17-24H,1-5H3;5-7,9-11H,1-4H3;/q2*-1;/i5D3;1D3;. The van der Waals surface area contributed by atoms with Gasteiger partial charge < -0.3 is 9.55 Å². The van der Waals surface area contributed by atoms with E-state index >= 15 is 0 Å². The molecule has 9 aromatic rings. The number of aromatic nitrogens is 3. The maximum Gasteiger partial charge on any atom is 0.0795 e. The summed E-state index contributed by atoms with van der Waals surface area (Å²) in [7, 11) is -1.34. The maximum absolute atomic E-state index is 7.97. The zero-order valence-corrected chi connectivity index (χ0v) is 38.7. The van der Waals surface area contributed by atoms with Crippen LogP contribution < -0.4 is 5.19 Å². The van der Waals surface area contributed by atoms with Crippen LogP contribution in [0.4, 0.5) is 0 Å². The molecule has 0 aliphatic heterocycles. The number of thiophene rings is 1. The summed E-state index contributed by atoms with van der Waals surface area (Å²) >= 11 is 1.66. The minimum absolute atomic E-state index is 0. The largest absolute Gasteiger partial charge is 0.333 e. The molecule has 0 unspecified atom stereocenters. The second-order valence-electron chi connectivity index (χ2n) is 16.5. The summed E-state index contributed by atoms with van der Waals surface area (Å²) < 4.78 is 50.4. The Kier molecular flexibility index (Phi) is 10.2. The van der Waals surface area contributed by atoms with Gasteiger partial charge >= 0.3 is 0 Å². The molecular weight excluding hydrogens is 931 g/mol. The first kappa shape index (κ1) is 34.8. The van der Waals surface area contributed by atoms with Crippen LogP contribution in [0.3, 0.4) is 0 Å². The Labute approximate surface area is 377 Å². The molecule has 0 aliphatic rings. The molecule has 0 atom stereocenters. The molecule has 3 nitrogen and oxygen atoms in total. The maximum atomic E-state index is 7.97. The molecule has 0 fully saturated rings. The Bertz CT molecular complexity index is 3030. The van der Waals surface area contributed by atoms with Gasteiger partial charge in [0.1, 0.15) is 0 Å². The van der Waals surface area contributed by atoms with Gasteiger partial charge in [0.25, 0.3) is 0 Å². The molecule has 299 valence electrons. The van der Waals surface area contributed by atoms with Gasteiger partial charge in [-0.05, 0) is 92.2 Å². The second-order valence-corrected chi connectivity index (χ2v) is 22.7. The van der Waals surface area contributed by atoms with Gasteiger partial charge in [0.2, 0.25) is 0 Å². The second kappa shape index (κ2) is 17.3. The molecule has 59 heavy (non-hydrogen) atoms. The fraction of sp³-hybridized carbons (Fsp3) is 0.208. The Morgan fingerprint density at radius 1 is 0.661 bits per heavy atom. The molecule has 1 radical (unpaired) electrons. The fourth-order valence-electron chi connectivity index (χ4n) is 7.48. The van der Waals surface area contributed by atoms with Crippen LogP contribution in [-0.4, -0.2) is 22.6 Å². The third-order valence-electron chi connectivity index (χ3n) is 10.7. The molecule has 6 aromatic carbocycles. The van der Waals surface area contributed by atoms with Crippen molar-refractivity contribution in [2.75, 3.05) is 0 Å². The molecule has 6 heteroatoms. The van der Waals surface area contributed by atoms with Gasteiger partial charge in [-0.1, -0.05) is 132 Å². The summed E-state index contributed by atoms with van der Waals surface area (Å²) in [5, 5.41) is 3.28. The van der Waals surface area contributed by atoms with Gasteiger partial charge in [0.15, 0.2) is 0 Å². The molecule has 0 aliphatic carbocycles. The van der Waals surface area contributed by atoms with Crippen molar-refractivity contribution < 1.29 is 28.3 Å². The van der Waals surface area contributed by atoms with Crippen molar-refractivity contribution in [3.8, 4) is 39.5 Å². The zero-order valence-electron chi connectivity index (χ0n) is 40.4. The molecule has 0 N–H and O–H groups in total. The van der Waals surface area contributed by atoms with Crippen LogP contribution in [0.25, 0.3) is 70.7 Å². The number of nitrogens with zero attached hydrogens (tertiary/aromatic N) is 3. The van der Waals surface area contributed by atoms with E-state index in [0.717, 1.165) is 53.9 Å². The number of hydrogen-bond donors (Lipinski definition) is 0. The number of rotatable bonds is 7. The summed E-state index contributed by atoms with van der Waals surface area (Å²) in [6.45, 7) is 11.6. The van der Waals surface area contributed by atoms with Gasteiger partial charge in [-0.25, -0.2) is 0 Å². The van der Waals surface area contributed by atoms with E-state index in [4.69, 9.17) is 13.2 Å². The monoisotopic (exact) mass is 988 g/mol. The minimum atomic E-state index is -2.16. The van der Waals surface area contributed by atoms with Crippen molar-refractivity contribution in [1.82, 2.24) is 14.5 Å². The molecule has 9 rings (SSSR count). The van der Waals surface area contributed by atoms with Crippen molar-refractivity contribution in [3.05, 3.63) is 168 Å². The van der Waals surface area contributed by atoms with E-state index in [2.05, 4.69) is 142 Å². The summed E-state index contributed by atoms with van der Waals surface area (Å²) in [4.78, 5) is 9.68. The SMILES string of the molecule is [2H]C([2H])([2H])c1c[c-]c(-c2ccc([Si](C)(C)C)cn2)cc1.[2H]C([2H])([2H])c1ccc2sc3c[c-]c(-c4nc5ccccc5n4-c4c(C(C)C)cc(-c5ccccc5)cc4C(C)C)cc3c2c1.[Ir]. The van der Waals surface area contributed by atoms with E-state index in [-0.39, 0.29) is 31.9 Å². The van der Waals surface area contributed by atoms with E-state index in [1.165, 1.54) is 39.2 Å². The quantitative estimate of drug-likeness (QED) is 0.118. The molecule has 0 saturated heterocycles.